The first kappa shape index (κ1) is 15.4. The van der Waals surface area contributed by atoms with Crippen LogP contribution in [0, 0.1) is 5.92 Å². The van der Waals surface area contributed by atoms with Crippen molar-refractivity contribution in [3.8, 4) is 0 Å². The van der Waals surface area contributed by atoms with E-state index < -0.39 is 23.8 Å². The fourth-order valence-corrected chi connectivity index (χ4v) is 1.37. The molecule has 0 fully saturated rings. The Balaban J connectivity index is 4.27. The van der Waals surface area contributed by atoms with E-state index in [0.717, 1.165) is 0 Å². The largest absolute Gasteiger partial charge is 0.481 e. The van der Waals surface area contributed by atoms with Crippen LogP contribution >= 0.6 is 0 Å². The molecular weight excluding hydrogens is 228 g/mol. The van der Waals surface area contributed by atoms with Crippen LogP contribution in [0.15, 0.2) is 0 Å². The van der Waals surface area contributed by atoms with Gasteiger partial charge in [-0.15, -0.1) is 0 Å². The lowest BCUT2D eigenvalue weighted by molar-refractivity contribution is -0.148. The second-order valence-electron chi connectivity index (χ2n) is 3.48. The number of ether oxygens (including phenoxy) is 2. The number of carboxylic acid groups (broad SMARTS) is 1. The predicted octanol–water partition coefficient (Wildman–Crippen LogP) is 0.984. The summed E-state index contributed by atoms with van der Waals surface area (Å²) in [5.41, 5.74) is 0. The van der Waals surface area contributed by atoms with Crippen molar-refractivity contribution < 1.29 is 29.0 Å². The maximum absolute atomic E-state index is 11.2. The van der Waals surface area contributed by atoms with E-state index in [0.29, 0.717) is 0 Å². The molecule has 17 heavy (non-hydrogen) atoms. The molecule has 0 radical (unpaired) electrons. The van der Waals surface area contributed by atoms with Crippen molar-refractivity contribution in [1.29, 1.82) is 0 Å². The Morgan fingerprint density at radius 3 is 1.65 bits per heavy atom. The Morgan fingerprint density at radius 2 is 1.35 bits per heavy atom. The van der Waals surface area contributed by atoms with Crippen LogP contribution in [-0.4, -0.2) is 36.2 Å². The molecule has 0 bridgehead atoms. The summed E-state index contributed by atoms with van der Waals surface area (Å²) < 4.78 is 9.42. The number of esters is 2. The van der Waals surface area contributed by atoms with Crippen molar-refractivity contribution in [2.75, 3.05) is 13.2 Å². The van der Waals surface area contributed by atoms with Gasteiger partial charge < -0.3 is 14.6 Å². The normalized spacial score (nSPS) is 10.1. The summed E-state index contributed by atoms with van der Waals surface area (Å²) in [7, 11) is 0. The van der Waals surface area contributed by atoms with Gasteiger partial charge in [0.15, 0.2) is 0 Å². The molecule has 0 aliphatic carbocycles. The molecule has 0 aliphatic heterocycles. The van der Waals surface area contributed by atoms with Crippen LogP contribution in [0.5, 0.6) is 0 Å². The molecule has 0 unspecified atom stereocenters. The minimum absolute atomic E-state index is 0.0844. The highest BCUT2D eigenvalue weighted by Gasteiger charge is 2.21. The van der Waals surface area contributed by atoms with E-state index >= 15 is 0 Å². The Labute approximate surface area is 99.9 Å². The van der Waals surface area contributed by atoms with Crippen LogP contribution in [0.2, 0.25) is 0 Å². The first-order chi connectivity index (χ1) is 7.99. The molecule has 0 heterocycles. The Hall–Kier alpha value is -1.59. The zero-order valence-corrected chi connectivity index (χ0v) is 10.1. The number of rotatable bonds is 8. The number of carbonyl (C=O) groups excluding carboxylic acids is 2. The average molecular weight is 246 g/mol. The molecule has 0 aromatic rings. The number of hydrogen-bond donors (Lipinski definition) is 1. The van der Waals surface area contributed by atoms with Gasteiger partial charge in [0.25, 0.3) is 0 Å². The molecule has 0 atom stereocenters. The van der Waals surface area contributed by atoms with Crippen molar-refractivity contribution in [2.24, 2.45) is 5.92 Å². The van der Waals surface area contributed by atoms with Crippen molar-refractivity contribution >= 4 is 17.9 Å². The van der Waals surface area contributed by atoms with Crippen LogP contribution in [0.4, 0.5) is 0 Å². The lowest BCUT2D eigenvalue weighted by Crippen LogP contribution is -2.19. The molecule has 1 N–H and O–H groups in total. The van der Waals surface area contributed by atoms with Crippen molar-refractivity contribution in [3.05, 3.63) is 0 Å². The van der Waals surface area contributed by atoms with Gasteiger partial charge >= 0.3 is 17.9 Å². The molecule has 6 nitrogen and oxygen atoms in total. The van der Waals surface area contributed by atoms with Gasteiger partial charge in [0.1, 0.15) is 0 Å². The second kappa shape index (κ2) is 8.55. The Bertz CT molecular complexity index is 253. The monoisotopic (exact) mass is 246 g/mol. The average Bonchev–Trinajstić information content (AvgIpc) is 2.16. The molecule has 0 spiro atoms. The van der Waals surface area contributed by atoms with E-state index in [9.17, 15) is 14.4 Å². The highest BCUT2D eigenvalue weighted by Crippen LogP contribution is 2.15. The SMILES string of the molecule is CCOC(=O)CC(CC(=O)O)CC(=O)OCC. The third-order valence-electron chi connectivity index (χ3n) is 1.98. The van der Waals surface area contributed by atoms with E-state index in [1.165, 1.54) is 0 Å². The van der Waals surface area contributed by atoms with E-state index in [1.807, 2.05) is 0 Å². The third-order valence-corrected chi connectivity index (χ3v) is 1.98. The van der Waals surface area contributed by atoms with Crippen LogP contribution in [0.3, 0.4) is 0 Å². The molecule has 0 aliphatic rings. The minimum atomic E-state index is -1.05. The summed E-state index contributed by atoms with van der Waals surface area (Å²) >= 11 is 0. The van der Waals surface area contributed by atoms with Crippen molar-refractivity contribution in [1.82, 2.24) is 0 Å². The third kappa shape index (κ3) is 8.24. The molecule has 6 heteroatoms. The first-order valence-electron chi connectivity index (χ1n) is 5.52. The van der Waals surface area contributed by atoms with Gasteiger partial charge in [-0.25, -0.2) is 0 Å². The quantitative estimate of drug-likeness (QED) is 0.642. The number of aliphatic carboxylic acids is 1. The summed E-state index contributed by atoms with van der Waals surface area (Å²) in [5, 5.41) is 8.67. The summed E-state index contributed by atoms with van der Waals surface area (Å²) in [6, 6.07) is 0. The van der Waals surface area contributed by atoms with E-state index in [4.69, 9.17) is 14.6 Å². The number of carboxylic acids is 1. The topological polar surface area (TPSA) is 89.9 Å². The van der Waals surface area contributed by atoms with Crippen LogP contribution in [-0.2, 0) is 23.9 Å². The minimum Gasteiger partial charge on any atom is -0.481 e. The summed E-state index contributed by atoms with van der Waals surface area (Å²) in [6.07, 6.45) is -0.421. The van der Waals surface area contributed by atoms with Gasteiger partial charge in [-0.1, -0.05) is 0 Å². The van der Waals surface area contributed by atoms with E-state index in [2.05, 4.69) is 0 Å². The fourth-order valence-electron chi connectivity index (χ4n) is 1.37. The lowest BCUT2D eigenvalue weighted by atomic mass is 9.98. The maximum Gasteiger partial charge on any atom is 0.306 e. The van der Waals surface area contributed by atoms with Crippen LogP contribution < -0.4 is 0 Å². The second-order valence-corrected chi connectivity index (χ2v) is 3.48. The van der Waals surface area contributed by atoms with Gasteiger partial charge in [-0.2, -0.15) is 0 Å². The molecule has 0 saturated heterocycles. The fraction of sp³-hybridized carbons (Fsp3) is 0.727. The van der Waals surface area contributed by atoms with Crippen molar-refractivity contribution in [2.45, 2.75) is 33.1 Å². The van der Waals surface area contributed by atoms with Gasteiger partial charge in [0.2, 0.25) is 0 Å². The Morgan fingerprint density at radius 1 is 0.941 bits per heavy atom. The van der Waals surface area contributed by atoms with Gasteiger partial charge in [0, 0.05) is 19.3 Å². The van der Waals surface area contributed by atoms with Crippen molar-refractivity contribution in [3.63, 3.8) is 0 Å². The smallest absolute Gasteiger partial charge is 0.306 e. The molecule has 98 valence electrons. The molecule has 0 aromatic heterocycles. The highest BCUT2D eigenvalue weighted by atomic mass is 16.5. The maximum atomic E-state index is 11.2. The molecule has 0 saturated carbocycles. The van der Waals surface area contributed by atoms with Gasteiger partial charge in [-0.3, -0.25) is 14.4 Å². The molecule has 0 rings (SSSR count). The molecule has 0 aromatic carbocycles. The zero-order chi connectivity index (χ0) is 13.3. The zero-order valence-electron chi connectivity index (χ0n) is 10.1. The Kier molecular flexibility index (Phi) is 7.75. The molecular formula is C11H18O6. The standard InChI is InChI=1S/C11H18O6/c1-3-16-10(14)6-8(5-9(12)13)7-11(15)17-4-2/h8H,3-7H2,1-2H3,(H,12,13). The van der Waals surface area contributed by atoms with E-state index in [1.54, 1.807) is 13.8 Å². The highest BCUT2D eigenvalue weighted by molar-refractivity contribution is 5.75. The molecule has 0 amide bonds. The van der Waals surface area contributed by atoms with E-state index in [-0.39, 0.29) is 32.5 Å². The summed E-state index contributed by atoms with van der Waals surface area (Å²) in [4.78, 5) is 33.0. The van der Waals surface area contributed by atoms with Gasteiger partial charge in [0.05, 0.1) is 13.2 Å². The van der Waals surface area contributed by atoms with Gasteiger partial charge in [-0.05, 0) is 19.8 Å². The lowest BCUT2D eigenvalue weighted by Gasteiger charge is -2.12. The number of hydrogen-bond acceptors (Lipinski definition) is 5. The van der Waals surface area contributed by atoms with Crippen LogP contribution in [0.25, 0.3) is 0 Å². The summed E-state index contributed by atoms with van der Waals surface area (Å²) in [5.74, 6) is -2.62. The van der Waals surface area contributed by atoms with Crippen LogP contribution in [0.1, 0.15) is 33.1 Å². The first-order valence-corrected chi connectivity index (χ1v) is 5.52. The predicted molar refractivity (Wildman–Crippen MR) is 58.2 cm³/mol. The summed E-state index contributed by atoms with van der Waals surface area (Å²) in [6.45, 7) is 3.79. The number of carbonyl (C=O) groups is 3.